The van der Waals surface area contributed by atoms with E-state index >= 15 is 0 Å². The van der Waals surface area contributed by atoms with Crippen LogP contribution in [0.1, 0.15) is 23.6 Å². The van der Waals surface area contributed by atoms with Gasteiger partial charge in [0.25, 0.3) is 11.7 Å². The number of nitrogens with zero attached hydrogens (tertiary/aromatic N) is 2. The molecule has 1 unspecified atom stereocenters. The predicted molar refractivity (Wildman–Crippen MR) is 107 cm³/mol. The number of carbonyl (C=O) groups excluding carboxylic acids is 2. The second-order valence-corrected chi connectivity index (χ2v) is 7.11. The lowest BCUT2D eigenvalue weighted by molar-refractivity contribution is -0.695. The van der Waals surface area contributed by atoms with E-state index in [9.17, 15) is 19.1 Å². The zero-order valence-corrected chi connectivity index (χ0v) is 16.2. The first-order chi connectivity index (χ1) is 14.6. The summed E-state index contributed by atoms with van der Waals surface area (Å²) in [6.07, 6.45) is 6.09. The van der Waals surface area contributed by atoms with E-state index in [4.69, 9.17) is 0 Å². The number of rotatable bonds is 6. The summed E-state index contributed by atoms with van der Waals surface area (Å²) in [6, 6.07) is 13.5. The fourth-order valence-corrected chi connectivity index (χ4v) is 3.74. The van der Waals surface area contributed by atoms with Gasteiger partial charge in [0, 0.05) is 18.5 Å². The Morgan fingerprint density at radius 3 is 2.50 bits per heavy atom. The molecule has 1 saturated heterocycles. The van der Waals surface area contributed by atoms with Crippen molar-refractivity contribution in [1.82, 2.24) is 9.88 Å². The van der Waals surface area contributed by atoms with Gasteiger partial charge in [-0.2, -0.15) is 0 Å². The summed E-state index contributed by atoms with van der Waals surface area (Å²) in [5.74, 6) is -2.05. The molecule has 0 bridgehead atoms. The van der Waals surface area contributed by atoms with Gasteiger partial charge in [-0.25, -0.2) is 8.96 Å². The molecule has 6 nitrogen and oxygen atoms in total. The van der Waals surface area contributed by atoms with Gasteiger partial charge in [0.2, 0.25) is 6.33 Å². The number of H-pyrrole nitrogens is 1. The maximum atomic E-state index is 13.5. The van der Waals surface area contributed by atoms with Gasteiger partial charge < -0.3 is 10.0 Å². The van der Waals surface area contributed by atoms with E-state index in [0.717, 1.165) is 0 Å². The van der Waals surface area contributed by atoms with E-state index in [1.807, 2.05) is 10.8 Å². The Morgan fingerprint density at radius 1 is 1.10 bits per heavy atom. The lowest BCUT2D eigenvalue weighted by atomic mass is 9.95. The van der Waals surface area contributed by atoms with Crippen LogP contribution < -0.4 is 4.57 Å². The molecule has 3 aromatic rings. The highest BCUT2D eigenvalue weighted by Crippen LogP contribution is 2.39. The Balaban J connectivity index is 1.72. The van der Waals surface area contributed by atoms with E-state index in [-0.39, 0.29) is 11.3 Å². The first-order valence-corrected chi connectivity index (χ1v) is 9.67. The van der Waals surface area contributed by atoms with Crippen LogP contribution in [-0.4, -0.2) is 33.2 Å². The Bertz CT molecular complexity index is 1080. The van der Waals surface area contributed by atoms with Gasteiger partial charge in [-0.1, -0.05) is 42.5 Å². The number of aromatic nitrogens is 2. The van der Waals surface area contributed by atoms with Gasteiger partial charge >= 0.3 is 0 Å². The molecule has 1 aromatic heterocycles. The number of ketones is 1. The monoisotopic (exact) mass is 406 g/mol. The summed E-state index contributed by atoms with van der Waals surface area (Å²) >= 11 is 0. The molecule has 30 heavy (non-hydrogen) atoms. The highest BCUT2D eigenvalue weighted by Gasteiger charge is 2.45. The smallest absolute Gasteiger partial charge is 0.295 e. The fraction of sp³-hybridized carbons (Fsp3) is 0.174. The molecule has 1 aliphatic heterocycles. The second-order valence-electron chi connectivity index (χ2n) is 7.11. The number of hydrogen-bond donors (Lipinski definition) is 2. The molecule has 1 fully saturated rings. The van der Waals surface area contributed by atoms with Crippen molar-refractivity contribution in [2.24, 2.45) is 0 Å². The third kappa shape index (κ3) is 3.74. The van der Waals surface area contributed by atoms with E-state index in [1.54, 1.807) is 42.9 Å². The van der Waals surface area contributed by atoms with Crippen LogP contribution in [0.3, 0.4) is 0 Å². The number of imidazole rings is 1. The minimum Gasteiger partial charge on any atom is -0.507 e. The molecule has 4 rings (SSSR count). The summed E-state index contributed by atoms with van der Waals surface area (Å²) in [6.45, 7) is 0.970. The number of aryl methyl sites for hydroxylation is 1. The number of aliphatic hydroxyl groups excluding tert-OH is 1. The maximum Gasteiger partial charge on any atom is 0.295 e. The summed E-state index contributed by atoms with van der Waals surface area (Å²) in [4.78, 5) is 30.1. The third-order valence-electron chi connectivity index (χ3n) is 5.19. The van der Waals surface area contributed by atoms with Gasteiger partial charge in [-0.05, 0) is 17.7 Å². The average Bonchev–Trinajstić information content (AvgIpc) is 3.37. The molecular weight excluding hydrogens is 385 g/mol. The van der Waals surface area contributed by atoms with Crippen molar-refractivity contribution in [3.63, 3.8) is 0 Å². The standard InChI is InChI=1S/C23H20FN3O3/c24-18-9-7-16(8-10-18)20-19(21(28)17-5-2-1-3-6-17)22(29)23(30)27(20)13-4-12-26-14-11-25-15-26/h1-3,5-11,14-15,20H,4,12-13H2,(H,28,29)/p+1. The zero-order valence-electron chi connectivity index (χ0n) is 16.2. The summed E-state index contributed by atoms with van der Waals surface area (Å²) < 4.78 is 15.4. The van der Waals surface area contributed by atoms with Gasteiger partial charge in [-0.15, -0.1) is 0 Å². The highest BCUT2D eigenvalue weighted by atomic mass is 19.1. The van der Waals surface area contributed by atoms with E-state index < -0.39 is 23.5 Å². The number of likely N-dealkylation sites (tertiary alicyclic amines) is 1. The summed E-state index contributed by atoms with van der Waals surface area (Å²) in [5.41, 5.74) is 1.04. The van der Waals surface area contributed by atoms with E-state index in [0.29, 0.717) is 30.6 Å². The number of amides is 1. The van der Waals surface area contributed by atoms with Gasteiger partial charge in [0.1, 0.15) is 24.0 Å². The maximum absolute atomic E-state index is 13.5. The average molecular weight is 406 g/mol. The number of nitrogens with one attached hydrogen (secondary N) is 1. The number of halogens is 1. The van der Waals surface area contributed by atoms with Crippen LogP contribution in [0.5, 0.6) is 0 Å². The molecule has 7 heteroatoms. The van der Waals surface area contributed by atoms with Gasteiger partial charge in [-0.3, -0.25) is 14.6 Å². The largest absolute Gasteiger partial charge is 0.507 e. The van der Waals surface area contributed by atoms with Crippen LogP contribution in [0.2, 0.25) is 0 Å². The number of carbonyl (C=O) groups is 2. The van der Waals surface area contributed by atoms with Crippen LogP contribution in [0.4, 0.5) is 4.39 Å². The molecule has 1 atom stereocenters. The molecule has 0 aliphatic carbocycles. The molecule has 2 N–H and O–H groups in total. The zero-order chi connectivity index (χ0) is 21.1. The molecule has 152 valence electrons. The van der Waals surface area contributed by atoms with Crippen molar-refractivity contribution in [2.45, 2.75) is 19.0 Å². The van der Waals surface area contributed by atoms with E-state index in [1.165, 1.54) is 29.2 Å². The molecule has 2 heterocycles. The topological polar surface area (TPSA) is 77.3 Å². The Morgan fingerprint density at radius 2 is 1.83 bits per heavy atom. The van der Waals surface area contributed by atoms with Crippen molar-refractivity contribution >= 4 is 17.4 Å². The van der Waals surface area contributed by atoms with Crippen molar-refractivity contribution in [3.05, 3.63) is 95.8 Å². The molecular formula is C23H21FN3O3+. The highest BCUT2D eigenvalue weighted by molar-refractivity contribution is 6.46. The summed E-state index contributed by atoms with van der Waals surface area (Å²) in [7, 11) is 0. The molecule has 0 radical (unpaired) electrons. The molecule has 0 saturated carbocycles. The van der Waals surface area contributed by atoms with Gasteiger partial charge in [0.05, 0.1) is 18.2 Å². The van der Waals surface area contributed by atoms with Crippen LogP contribution in [-0.2, 0) is 16.1 Å². The molecule has 0 spiro atoms. The van der Waals surface area contributed by atoms with Crippen molar-refractivity contribution < 1.29 is 23.7 Å². The number of hydrogen-bond acceptors (Lipinski definition) is 3. The minimum atomic E-state index is -0.776. The van der Waals surface area contributed by atoms with Crippen LogP contribution >= 0.6 is 0 Å². The Kier molecular flexibility index (Phi) is 5.43. The Labute approximate surface area is 172 Å². The van der Waals surface area contributed by atoms with E-state index in [2.05, 4.69) is 4.98 Å². The first-order valence-electron chi connectivity index (χ1n) is 9.67. The van der Waals surface area contributed by atoms with Crippen molar-refractivity contribution in [1.29, 1.82) is 0 Å². The molecule has 1 amide bonds. The number of aromatic amines is 1. The normalized spacial score (nSPS) is 18.2. The number of aliphatic hydroxyl groups is 1. The quantitative estimate of drug-likeness (QED) is 0.286. The minimum absolute atomic E-state index is 0.0205. The lowest BCUT2D eigenvalue weighted by Gasteiger charge is -2.25. The molecule has 2 aromatic carbocycles. The first kappa shape index (κ1) is 19.6. The molecule has 1 aliphatic rings. The van der Waals surface area contributed by atoms with Crippen LogP contribution in [0.15, 0.2) is 78.9 Å². The van der Waals surface area contributed by atoms with Gasteiger partial charge in [0.15, 0.2) is 0 Å². The second kappa shape index (κ2) is 8.32. The number of Topliss-reactive ketones (excluding diaryl/α,β-unsaturated/α-hetero) is 1. The van der Waals surface area contributed by atoms with Crippen LogP contribution in [0, 0.1) is 5.82 Å². The van der Waals surface area contributed by atoms with Crippen molar-refractivity contribution in [3.8, 4) is 0 Å². The number of benzene rings is 2. The Hall–Kier alpha value is -3.74. The summed E-state index contributed by atoms with van der Waals surface area (Å²) in [5, 5.41) is 10.9. The van der Waals surface area contributed by atoms with Crippen molar-refractivity contribution in [2.75, 3.05) is 6.54 Å². The third-order valence-corrected chi connectivity index (χ3v) is 5.19. The predicted octanol–water partition coefficient (Wildman–Crippen LogP) is 2.95. The fourth-order valence-electron chi connectivity index (χ4n) is 3.74. The van der Waals surface area contributed by atoms with Crippen LogP contribution in [0.25, 0.3) is 5.76 Å². The lowest BCUT2D eigenvalue weighted by Crippen LogP contribution is -2.36. The SMILES string of the molecule is O=C1C(=O)N(CCC[n+]2cc[nH]c2)C(c2ccc(F)cc2)/C1=C(\O)c1ccccc1.